The van der Waals surface area contributed by atoms with Gasteiger partial charge in [-0.05, 0) is 44.3 Å². The van der Waals surface area contributed by atoms with Gasteiger partial charge >= 0.3 is 6.18 Å². The van der Waals surface area contributed by atoms with Gasteiger partial charge in [-0.3, -0.25) is 14.2 Å². The molecule has 3 N–H and O–H groups in total. The van der Waals surface area contributed by atoms with E-state index in [1.807, 2.05) is 13.8 Å². The van der Waals surface area contributed by atoms with Crippen LogP contribution in [0.25, 0.3) is 16.6 Å². The van der Waals surface area contributed by atoms with Crippen molar-refractivity contribution in [1.29, 1.82) is 0 Å². The largest absolute Gasteiger partial charge is 0.506 e. The van der Waals surface area contributed by atoms with Gasteiger partial charge in [-0.25, -0.2) is 9.37 Å². The fourth-order valence-electron chi connectivity index (χ4n) is 4.28. The number of phenols is 1. The van der Waals surface area contributed by atoms with E-state index in [-0.39, 0.29) is 40.7 Å². The first-order valence-corrected chi connectivity index (χ1v) is 13.1. The Kier molecular flexibility index (Phi) is 10.3. The van der Waals surface area contributed by atoms with Crippen LogP contribution in [0.2, 0.25) is 0 Å². The first-order valence-electron chi connectivity index (χ1n) is 13.1. The quantitative estimate of drug-likeness (QED) is 0.207. The Labute approximate surface area is 234 Å². The number of para-hydroxylation sites is 1. The normalized spacial score (nSPS) is 11.6. The second kappa shape index (κ2) is 13.4. The number of carbonyl (C=O) groups is 1. The fourth-order valence-corrected chi connectivity index (χ4v) is 4.28. The summed E-state index contributed by atoms with van der Waals surface area (Å²) in [6.07, 6.45) is -3.97. The minimum atomic E-state index is -5.12. The van der Waals surface area contributed by atoms with Crippen molar-refractivity contribution in [2.45, 2.75) is 26.9 Å². The molecular formula is C27H33F4N7O3. The predicted molar refractivity (Wildman–Crippen MR) is 149 cm³/mol. The summed E-state index contributed by atoms with van der Waals surface area (Å²) in [7, 11) is 0. The number of rotatable bonds is 13. The molecule has 222 valence electrons. The van der Waals surface area contributed by atoms with Crippen LogP contribution in [-0.2, 0) is 11.0 Å². The zero-order valence-electron chi connectivity index (χ0n) is 23.1. The third-order valence-corrected chi connectivity index (χ3v) is 6.50. The highest BCUT2D eigenvalue weighted by Gasteiger charge is 2.37. The summed E-state index contributed by atoms with van der Waals surface area (Å²) in [6, 6.07) is 3.55. The number of likely N-dealkylation sites (N-methyl/N-ethyl adjacent to an activating group) is 2. The Morgan fingerprint density at radius 2 is 1.78 bits per heavy atom. The maximum absolute atomic E-state index is 14.7. The molecule has 0 unspecified atom stereocenters. The van der Waals surface area contributed by atoms with E-state index in [9.17, 15) is 32.3 Å². The third kappa shape index (κ3) is 7.12. The molecule has 0 aliphatic rings. The number of alkyl halides is 3. The lowest BCUT2D eigenvalue weighted by atomic mass is 10.2. The topological polar surface area (TPSA) is 116 Å². The molecule has 0 atom stereocenters. The van der Waals surface area contributed by atoms with E-state index in [1.165, 1.54) is 4.90 Å². The third-order valence-electron chi connectivity index (χ3n) is 6.50. The molecule has 10 nitrogen and oxygen atoms in total. The van der Waals surface area contributed by atoms with E-state index >= 15 is 0 Å². The molecule has 3 rings (SSSR count). The lowest BCUT2D eigenvalue weighted by Gasteiger charge is -2.21. The summed E-state index contributed by atoms with van der Waals surface area (Å²) < 4.78 is 57.6. The summed E-state index contributed by atoms with van der Waals surface area (Å²) in [5.74, 6) is -2.53. The zero-order chi connectivity index (χ0) is 30.3. The van der Waals surface area contributed by atoms with Crippen molar-refractivity contribution in [2.24, 2.45) is 0 Å². The van der Waals surface area contributed by atoms with Crippen molar-refractivity contribution in [3.8, 4) is 11.4 Å². The van der Waals surface area contributed by atoms with E-state index in [0.29, 0.717) is 25.7 Å². The zero-order valence-corrected chi connectivity index (χ0v) is 23.1. The molecule has 41 heavy (non-hydrogen) atoms. The minimum Gasteiger partial charge on any atom is -0.506 e. The van der Waals surface area contributed by atoms with Crippen LogP contribution in [0.3, 0.4) is 0 Å². The van der Waals surface area contributed by atoms with Gasteiger partial charge in [0, 0.05) is 32.7 Å². The molecule has 1 amide bonds. The van der Waals surface area contributed by atoms with Gasteiger partial charge in [0.05, 0.1) is 5.39 Å². The van der Waals surface area contributed by atoms with Gasteiger partial charge in [0.2, 0.25) is 11.9 Å². The average Bonchev–Trinajstić information content (AvgIpc) is 2.93. The summed E-state index contributed by atoms with van der Waals surface area (Å²) >= 11 is 0. The molecule has 0 fully saturated rings. The van der Waals surface area contributed by atoms with Crippen LogP contribution < -0.4 is 16.2 Å². The number of amides is 1. The molecule has 0 bridgehead atoms. The summed E-state index contributed by atoms with van der Waals surface area (Å²) in [5, 5.41) is 15.9. The first kappa shape index (κ1) is 31.3. The van der Waals surface area contributed by atoms with Gasteiger partial charge in [-0.1, -0.05) is 26.5 Å². The number of pyridine rings is 1. The van der Waals surface area contributed by atoms with Crippen LogP contribution in [0, 0.1) is 5.82 Å². The average molecular weight is 580 g/mol. The number of hydrogen-bond acceptors (Lipinski definition) is 8. The summed E-state index contributed by atoms with van der Waals surface area (Å²) in [5.41, 5.74) is -4.21. The lowest BCUT2D eigenvalue weighted by Crippen LogP contribution is -2.34. The molecule has 0 spiro atoms. The smallest absolute Gasteiger partial charge is 0.431 e. The standard InChI is InChI=1S/C27H33F4N7O3/c1-5-21(40)37(8-4)15-13-32-24-17-16-20(27(29,30)31)38(23-18(28)10-9-11-19(23)39)25(41)22(17)34-26(35-24)33-12-14-36(6-2)7-3/h5,9-11,16,39H,1,6-8,12-15H2,2-4H3,(H2,32,33,34,35). The van der Waals surface area contributed by atoms with Gasteiger partial charge in [-0.15, -0.1) is 0 Å². The van der Waals surface area contributed by atoms with Crippen LogP contribution in [0.1, 0.15) is 26.5 Å². The molecule has 0 radical (unpaired) electrons. The Balaban J connectivity index is 2.20. The molecule has 2 heterocycles. The Hall–Kier alpha value is -4.20. The number of carbonyl (C=O) groups excluding carboxylic acids is 1. The van der Waals surface area contributed by atoms with Gasteiger partial charge in [0.1, 0.15) is 28.5 Å². The number of fused-ring (bicyclic) bond motifs is 1. The number of hydrogen-bond donors (Lipinski definition) is 3. The van der Waals surface area contributed by atoms with Gasteiger partial charge in [0.15, 0.2) is 5.82 Å². The van der Waals surface area contributed by atoms with Crippen molar-refractivity contribution >= 4 is 28.6 Å². The number of aromatic hydroxyl groups is 1. The molecule has 0 aliphatic heterocycles. The SMILES string of the molecule is C=CC(=O)N(CC)CCNc1nc(NCCN(CC)CC)nc2c(=O)n(-c3c(O)cccc3F)c(C(F)(F)F)cc12. The fraction of sp³-hybridized carbons (Fsp3) is 0.407. The van der Waals surface area contributed by atoms with Gasteiger partial charge < -0.3 is 25.5 Å². The Morgan fingerprint density at radius 1 is 1.10 bits per heavy atom. The number of halogens is 4. The molecule has 0 saturated carbocycles. The monoisotopic (exact) mass is 579 g/mol. The maximum Gasteiger partial charge on any atom is 0.431 e. The van der Waals surface area contributed by atoms with Crippen LogP contribution in [0.15, 0.2) is 41.7 Å². The highest BCUT2D eigenvalue weighted by Crippen LogP contribution is 2.35. The van der Waals surface area contributed by atoms with Crippen molar-refractivity contribution in [2.75, 3.05) is 56.4 Å². The van der Waals surface area contributed by atoms with Crippen molar-refractivity contribution in [1.82, 2.24) is 24.3 Å². The second-order valence-electron chi connectivity index (χ2n) is 8.94. The number of nitrogens with zero attached hydrogens (tertiary/aromatic N) is 5. The summed E-state index contributed by atoms with van der Waals surface area (Å²) in [4.78, 5) is 37.7. The lowest BCUT2D eigenvalue weighted by molar-refractivity contribution is -0.142. The van der Waals surface area contributed by atoms with Crippen molar-refractivity contribution < 1.29 is 27.5 Å². The number of phenolic OH excluding ortho intramolecular Hbond substituents is 1. The van der Waals surface area contributed by atoms with Crippen LogP contribution >= 0.6 is 0 Å². The molecule has 3 aromatic rings. The second-order valence-corrected chi connectivity index (χ2v) is 8.94. The number of nitrogens with one attached hydrogen (secondary N) is 2. The van der Waals surface area contributed by atoms with Crippen LogP contribution in [-0.4, -0.2) is 81.2 Å². The maximum atomic E-state index is 14.7. The van der Waals surface area contributed by atoms with E-state index in [2.05, 4.69) is 32.1 Å². The predicted octanol–water partition coefficient (Wildman–Crippen LogP) is 3.84. The van der Waals surface area contributed by atoms with Crippen LogP contribution in [0.5, 0.6) is 5.75 Å². The number of aromatic nitrogens is 3. The van der Waals surface area contributed by atoms with E-state index in [1.54, 1.807) is 6.92 Å². The number of anilines is 2. The molecular weight excluding hydrogens is 546 g/mol. The van der Waals surface area contributed by atoms with Crippen molar-refractivity contribution in [3.05, 3.63) is 58.8 Å². The molecule has 0 aliphatic carbocycles. The Bertz CT molecular complexity index is 1440. The first-order chi connectivity index (χ1) is 19.5. The Morgan fingerprint density at radius 3 is 2.37 bits per heavy atom. The highest BCUT2D eigenvalue weighted by atomic mass is 19.4. The molecule has 14 heteroatoms. The minimum absolute atomic E-state index is 0.0390. The number of benzene rings is 1. The van der Waals surface area contributed by atoms with Gasteiger partial charge in [-0.2, -0.15) is 18.2 Å². The van der Waals surface area contributed by atoms with Crippen LogP contribution in [0.4, 0.5) is 29.3 Å². The van der Waals surface area contributed by atoms with E-state index in [0.717, 1.165) is 37.4 Å². The van der Waals surface area contributed by atoms with E-state index in [4.69, 9.17) is 0 Å². The molecule has 2 aromatic heterocycles. The molecule has 0 saturated heterocycles. The highest BCUT2D eigenvalue weighted by molar-refractivity contribution is 5.90. The summed E-state index contributed by atoms with van der Waals surface area (Å²) in [6.45, 7) is 12.4. The van der Waals surface area contributed by atoms with Gasteiger partial charge in [0.25, 0.3) is 5.56 Å². The van der Waals surface area contributed by atoms with E-state index < -0.39 is 40.2 Å². The molecule has 1 aromatic carbocycles. The van der Waals surface area contributed by atoms with Crippen molar-refractivity contribution in [3.63, 3.8) is 0 Å².